The summed E-state index contributed by atoms with van der Waals surface area (Å²) in [5.41, 5.74) is 4.60. The second-order valence-electron chi connectivity index (χ2n) is 18.1. The van der Waals surface area contributed by atoms with Gasteiger partial charge in [0.05, 0.1) is 16.7 Å². The number of benzene rings is 3. The summed E-state index contributed by atoms with van der Waals surface area (Å²) in [6.07, 6.45) is 7.29. The van der Waals surface area contributed by atoms with Gasteiger partial charge >= 0.3 is 13.3 Å². The minimum absolute atomic E-state index is 0.0636. The van der Waals surface area contributed by atoms with E-state index in [-0.39, 0.29) is 72.8 Å². The summed E-state index contributed by atoms with van der Waals surface area (Å²) in [5.74, 6) is -2.40. The van der Waals surface area contributed by atoms with Gasteiger partial charge in [0.25, 0.3) is 11.4 Å². The molecule has 8 rings (SSSR count). The van der Waals surface area contributed by atoms with E-state index in [0.717, 1.165) is 66.3 Å². The smallest absolute Gasteiger partial charge is 0.359 e. The zero-order valence-electron chi connectivity index (χ0n) is 38.1. The Morgan fingerprint density at radius 1 is 0.868 bits per heavy atom. The second-order valence-corrected chi connectivity index (χ2v) is 19.6. The molecule has 2 aromatic heterocycles. The lowest BCUT2D eigenvalue weighted by atomic mass is 9.95. The van der Waals surface area contributed by atoms with Gasteiger partial charge in [-0.05, 0) is 117 Å². The molecular formula is C48H55N8O11P. The summed E-state index contributed by atoms with van der Waals surface area (Å²) >= 11 is 0. The predicted molar refractivity (Wildman–Crippen MR) is 251 cm³/mol. The number of rotatable bonds is 17. The maximum absolute atomic E-state index is 14.5. The molecule has 6 amide bonds. The molecule has 20 heteroatoms. The normalized spacial score (nSPS) is 18.6. The number of H-pyrrole nitrogens is 1. The highest BCUT2D eigenvalue weighted by Crippen LogP contribution is 2.41. The molecule has 5 aromatic rings. The Labute approximate surface area is 390 Å². The Balaban J connectivity index is 0.937. The maximum Gasteiger partial charge on any atom is 0.396 e. The van der Waals surface area contributed by atoms with Gasteiger partial charge in [0, 0.05) is 55.9 Å². The van der Waals surface area contributed by atoms with Crippen LogP contribution in [-0.2, 0) is 61.3 Å². The van der Waals surface area contributed by atoms with Crippen LogP contribution in [0.4, 0.5) is 5.69 Å². The molecule has 5 heterocycles. The molecule has 0 radical (unpaired) electrons. The number of unbranched alkanes of at least 4 members (excludes halogenated alkanes) is 3. The van der Waals surface area contributed by atoms with Gasteiger partial charge in [0.2, 0.25) is 29.5 Å². The topological polar surface area (TPSA) is 271 Å². The monoisotopic (exact) mass is 950 g/mol. The van der Waals surface area contributed by atoms with E-state index in [4.69, 9.17) is 0 Å². The van der Waals surface area contributed by atoms with Crippen LogP contribution in [0.3, 0.4) is 0 Å². The molecular weight excluding hydrogens is 896 g/mol. The van der Waals surface area contributed by atoms with Crippen molar-refractivity contribution in [2.45, 2.75) is 115 Å². The number of carbonyl (C=O) groups is 7. The highest BCUT2D eigenvalue weighted by molar-refractivity contribution is 7.70. The number of hydrogen-bond donors (Lipinski definition) is 7. The summed E-state index contributed by atoms with van der Waals surface area (Å²) in [4.78, 5) is 127. The standard InChI is InChI=1S/C48H55N8O11P/c1-26(10-18-40(57)49-2)50-45(61)39-25-32-21-28(9-7-5-4-6-8-27-11-16-36-38(22-27)54(3)48(64)55(36)37-17-19-41(58)53-44(37)60)20-29-12-15-34(46(62)56(39)42(29)32)52-43(59)35-24-31-23-30(13-14-33(31)51-35)47(63)68(65,66)67/h11,13-14,16,20-24,26,34,37,39,51H,4-10,12,15,17-19,25H2,1-3H3,(H,49,57)(H,50,61)(H,52,59)(H,53,58,60)(H2,65,66,67)/t26-,34+,37?,39+/m1/s1. The van der Waals surface area contributed by atoms with E-state index in [1.807, 2.05) is 18.2 Å². The van der Waals surface area contributed by atoms with Crippen molar-refractivity contribution in [3.63, 3.8) is 0 Å². The second kappa shape index (κ2) is 19.5. The van der Waals surface area contributed by atoms with Crippen molar-refractivity contribution in [3.8, 4) is 0 Å². The summed E-state index contributed by atoms with van der Waals surface area (Å²) < 4.78 is 14.6. The number of imidazole rings is 1. The first kappa shape index (κ1) is 47.8. The molecule has 0 spiro atoms. The number of carbonyl (C=O) groups excluding carboxylic acids is 7. The molecule has 19 nitrogen and oxygen atoms in total. The van der Waals surface area contributed by atoms with Gasteiger partial charge in [-0.1, -0.05) is 31.0 Å². The largest absolute Gasteiger partial charge is 0.396 e. The number of imide groups is 1. The molecule has 0 aliphatic carbocycles. The van der Waals surface area contributed by atoms with E-state index in [2.05, 4.69) is 38.4 Å². The first-order valence-corrected chi connectivity index (χ1v) is 24.6. The van der Waals surface area contributed by atoms with Crippen LogP contribution in [0, 0.1) is 0 Å². The van der Waals surface area contributed by atoms with Crippen molar-refractivity contribution in [2.24, 2.45) is 7.05 Å². The van der Waals surface area contributed by atoms with E-state index in [1.165, 1.54) is 33.7 Å². The molecule has 3 aliphatic heterocycles. The molecule has 3 aromatic carbocycles. The van der Waals surface area contributed by atoms with Crippen molar-refractivity contribution >= 4 is 76.2 Å². The third-order valence-electron chi connectivity index (χ3n) is 13.3. The quantitative estimate of drug-likeness (QED) is 0.0403. The van der Waals surface area contributed by atoms with E-state index in [0.29, 0.717) is 34.9 Å². The first-order valence-electron chi connectivity index (χ1n) is 23.0. The number of aryl methyl sites for hydroxylation is 4. The molecule has 68 heavy (non-hydrogen) atoms. The first-order chi connectivity index (χ1) is 32.4. The Morgan fingerprint density at radius 3 is 2.32 bits per heavy atom. The highest BCUT2D eigenvalue weighted by Gasteiger charge is 2.45. The summed E-state index contributed by atoms with van der Waals surface area (Å²) in [7, 11) is -1.81. The van der Waals surface area contributed by atoms with Crippen molar-refractivity contribution in [2.75, 3.05) is 11.9 Å². The van der Waals surface area contributed by atoms with E-state index in [9.17, 15) is 52.7 Å². The van der Waals surface area contributed by atoms with Crippen LogP contribution in [0.1, 0.15) is 114 Å². The van der Waals surface area contributed by atoms with Crippen LogP contribution in [-0.4, -0.2) is 90.0 Å². The van der Waals surface area contributed by atoms with Crippen LogP contribution >= 0.6 is 7.60 Å². The molecule has 4 atom stereocenters. The zero-order valence-corrected chi connectivity index (χ0v) is 38.9. The van der Waals surface area contributed by atoms with Crippen LogP contribution < -0.4 is 31.9 Å². The Bertz CT molecular complexity index is 3000. The number of nitrogens with zero attached hydrogens (tertiary/aromatic N) is 3. The molecule has 358 valence electrons. The molecule has 7 N–H and O–H groups in total. The minimum Gasteiger partial charge on any atom is -0.359 e. The SMILES string of the molecule is CNC(=O)CC[C@@H](C)NC(=O)[C@@H]1Cc2cc(CCCCCCc3ccc4c(c3)n(C)c(=O)n4C3CCC(=O)NC3=O)cc3c2N1C(=O)[C@@H](NC(=O)c1cc2cc(C(=O)P(=O)(O)O)ccc2[nH]1)CC3. The van der Waals surface area contributed by atoms with Crippen molar-refractivity contribution in [1.82, 2.24) is 35.4 Å². The fourth-order valence-corrected chi connectivity index (χ4v) is 10.2. The summed E-state index contributed by atoms with van der Waals surface area (Å²) in [5, 5.41) is 11.1. The van der Waals surface area contributed by atoms with Gasteiger partial charge in [-0.25, -0.2) is 4.79 Å². The number of anilines is 1. The molecule has 0 saturated carbocycles. The Morgan fingerprint density at radius 2 is 1.60 bits per heavy atom. The highest BCUT2D eigenvalue weighted by atomic mass is 31.2. The number of aromatic amines is 1. The minimum atomic E-state index is -5.04. The van der Waals surface area contributed by atoms with Crippen LogP contribution in [0.15, 0.2) is 59.4 Å². The van der Waals surface area contributed by atoms with E-state index < -0.39 is 49.0 Å². The lowest BCUT2D eigenvalue weighted by Gasteiger charge is -2.28. The van der Waals surface area contributed by atoms with Crippen molar-refractivity contribution in [3.05, 3.63) is 98.6 Å². The number of hydrogen-bond acceptors (Lipinski definition) is 9. The van der Waals surface area contributed by atoms with E-state index in [1.54, 1.807) is 25.6 Å². The Kier molecular flexibility index (Phi) is 13.7. The predicted octanol–water partition coefficient (Wildman–Crippen LogP) is 3.50. The molecule has 1 unspecified atom stereocenters. The van der Waals surface area contributed by atoms with Gasteiger partial charge in [0.1, 0.15) is 23.8 Å². The van der Waals surface area contributed by atoms with Gasteiger partial charge in [-0.2, -0.15) is 0 Å². The van der Waals surface area contributed by atoms with Gasteiger partial charge in [-0.3, -0.25) is 57.5 Å². The summed E-state index contributed by atoms with van der Waals surface area (Å²) in [6.45, 7) is 1.80. The molecule has 1 saturated heterocycles. The third-order valence-corrected chi connectivity index (χ3v) is 14.1. The van der Waals surface area contributed by atoms with Gasteiger partial charge in [-0.15, -0.1) is 0 Å². The number of nitrogens with one attached hydrogen (secondary N) is 5. The number of amides is 6. The van der Waals surface area contributed by atoms with E-state index >= 15 is 0 Å². The lowest BCUT2D eigenvalue weighted by molar-refractivity contribution is -0.135. The van der Waals surface area contributed by atoms with Crippen molar-refractivity contribution in [1.29, 1.82) is 0 Å². The third kappa shape index (κ3) is 9.82. The average Bonchev–Trinajstić information content (AvgIpc) is 3.96. The van der Waals surface area contributed by atoms with Crippen LogP contribution in [0.5, 0.6) is 0 Å². The lowest BCUT2D eigenvalue weighted by Crippen LogP contribution is -2.55. The van der Waals surface area contributed by atoms with Gasteiger partial charge in [0.15, 0.2) is 0 Å². The maximum atomic E-state index is 14.5. The van der Waals surface area contributed by atoms with Gasteiger partial charge < -0.3 is 30.7 Å². The Hall–Kier alpha value is -6.69. The van der Waals surface area contributed by atoms with Crippen molar-refractivity contribution < 1.29 is 47.9 Å². The summed E-state index contributed by atoms with van der Waals surface area (Å²) in [6, 6.07) is 12.4. The molecule has 0 bridgehead atoms. The zero-order chi connectivity index (χ0) is 48.6. The number of piperidine rings is 1. The number of aromatic nitrogens is 3. The molecule has 1 fully saturated rings. The molecule has 3 aliphatic rings. The van der Waals surface area contributed by atoms with Crippen LogP contribution in [0.2, 0.25) is 0 Å². The number of fused-ring (bicyclic) bond motifs is 2. The fourth-order valence-electron chi connectivity index (χ4n) is 9.77. The van der Waals surface area contributed by atoms with Crippen LogP contribution in [0.25, 0.3) is 21.9 Å². The fraction of sp³-hybridized carbons (Fsp3) is 0.417. The average molecular weight is 951 g/mol.